The van der Waals surface area contributed by atoms with Crippen LogP contribution in [0.2, 0.25) is 0 Å². The van der Waals surface area contributed by atoms with Crippen LogP contribution in [0.25, 0.3) is 33.3 Å². The molecule has 0 atom stereocenters. The predicted molar refractivity (Wildman–Crippen MR) is 137 cm³/mol. The second-order valence-corrected chi connectivity index (χ2v) is 8.79. The minimum absolute atomic E-state index is 0.00379. The van der Waals surface area contributed by atoms with E-state index in [0.29, 0.717) is 12.2 Å². The molecule has 0 saturated heterocycles. The number of aromatic amines is 1. The number of imidazole rings is 1. The third-order valence-electron chi connectivity index (χ3n) is 5.39. The maximum Gasteiger partial charge on any atom is 0.225 e. The summed E-state index contributed by atoms with van der Waals surface area (Å²) < 4.78 is 0. The number of aromatic nitrogens is 2. The van der Waals surface area contributed by atoms with Gasteiger partial charge in [0.1, 0.15) is 0 Å². The van der Waals surface area contributed by atoms with Gasteiger partial charge in [-0.2, -0.15) is 0 Å². The van der Waals surface area contributed by atoms with Crippen molar-refractivity contribution < 1.29 is 4.79 Å². The number of fused-ring (bicyclic) bond motifs is 1. The molecule has 1 aromatic heterocycles. The Bertz CT molecular complexity index is 1320. The maximum atomic E-state index is 12.5. The summed E-state index contributed by atoms with van der Waals surface area (Å²) in [5.41, 5.74) is 4.88. The number of benzene rings is 4. The Hall–Kier alpha value is -3.83. The number of thioether (sulfide) groups is 1. The third-order valence-corrected chi connectivity index (χ3v) is 6.27. The van der Waals surface area contributed by atoms with Gasteiger partial charge in [0.25, 0.3) is 0 Å². The van der Waals surface area contributed by atoms with E-state index in [1.165, 1.54) is 0 Å². The van der Waals surface area contributed by atoms with Crippen molar-refractivity contribution in [3.8, 4) is 22.5 Å². The standard InChI is InChI=1S/C28H23N3OS/c32-25(29-24-16-15-20-9-7-8-14-23(20)19-24)17-18-33-28-30-26(21-10-3-1-4-11-21)27(31-28)22-12-5-2-6-13-22/h1-16,19H,17-18H2,(H,29,32)(H,30,31). The topological polar surface area (TPSA) is 57.8 Å². The Morgan fingerprint density at radius 1 is 0.788 bits per heavy atom. The van der Waals surface area contributed by atoms with Crippen LogP contribution in [0.3, 0.4) is 0 Å². The summed E-state index contributed by atoms with van der Waals surface area (Å²) in [7, 11) is 0. The molecule has 1 amide bonds. The van der Waals surface area contributed by atoms with Gasteiger partial charge in [0.15, 0.2) is 5.16 Å². The van der Waals surface area contributed by atoms with Crippen molar-refractivity contribution in [3.05, 3.63) is 103 Å². The molecule has 0 aliphatic carbocycles. The normalized spacial score (nSPS) is 10.9. The summed E-state index contributed by atoms with van der Waals surface area (Å²) in [5.74, 6) is 0.631. The highest BCUT2D eigenvalue weighted by Crippen LogP contribution is 2.32. The van der Waals surface area contributed by atoms with Crippen LogP contribution in [0.4, 0.5) is 5.69 Å². The second-order valence-electron chi connectivity index (χ2n) is 7.71. The molecule has 4 aromatic carbocycles. The van der Waals surface area contributed by atoms with Gasteiger partial charge in [-0.1, -0.05) is 103 Å². The van der Waals surface area contributed by atoms with E-state index < -0.39 is 0 Å². The Morgan fingerprint density at radius 3 is 2.21 bits per heavy atom. The summed E-state index contributed by atoms with van der Waals surface area (Å²) in [4.78, 5) is 20.8. The van der Waals surface area contributed by atoms with E-state index in [1.54, 1.807) is 11.8 Å². The molecule has 5 aromatic rings. The van der Waals surface area contributed by atoms with E-state index in [1.807, 2.05) is 72.8 Å². The van der Waals surface area contributed by atoms with E-state index in [2.05, 4.69) is 40.6 Å². The molecule has 1 heterocycles. The number of hydrogen-bond donors (Lipinski definition) is 2. The molecule has 0 unspecified atom stereocenters. The van der Waals surface area contributed by atoms with Crippen molar-refractivity contribution in [2.75, 3.05) is 11.1 Å². The van der Waals surface area contributed by atoms with Gasteiger partial charge >= 0.3 is 0 Å². The van der Waals surface area contributed by atoms with Crippen molar-refractivity contribution in [1.29, 1.82) is 0 Å². The van der Waals surface area contributed by atoms with Crippen LogP contribution >= 0.6 is 11.8 Å². The minimum Gasteiger partial charge on any atom is -0.332 e. The molecule has 4 nitrogen and oxygen atoms in total. The van der Waals surface area contributed by atoms with Gasteiger partial charge in [0.2, 0.25) is 5.91 Å². The molecular formula is C28H23N3OS. The fourth-order valence-electron chi connectivity index (χ4n) is 3.77. The monoisotopic (exact) mass is 449 g/mol. The first-order valence-electron chi connectivity index (χ1n) is 10.9. The average molecular weight is 450 g/mol. The zero-order valence-corrected chi connectivity index (χ0v) is 18.8. The predicted octanol–water partition coefficient (Wildman–Crippen LogP) is 7.02. The number of nitrogens with zero attached hydrogens (tertiary/aromatic N) is 1. The van der Waals surface area contributed by atoms with Gasteiger partial charge in [0, 0.05) is 29.0 Å². The van der Waals surface area contributed by atoms with Crippen LogP contribution in [-0.4, -0.2) is 21.6 Å². The SMILES string of the molecule is O=C(CCSc1nc(-c2ccccc2)c(-c2ccccc2)[nH]1)Nc1ccc2ccccc2c1. The van der Waals surface area contributed by atoms with Crippen LogP contribution in [0.5, 0.6) is 0 Å². The summed E-state index contributed by atoms with van der Waals surface area (Å²) in [6.07, 6.45) is 0.402. The number of amides is 1. The van der Waals surface area contributed by atoms with E-state index in [0.717, 1.165) is 44.1 Å². The van der Waals surface area contributed by atoms with Gasteiger partial charge in [-0.05, 0) is 22.9 Å². The molecular weight excluding hydrogens is 426 g/mol. The number of carbonyl (C=O) groups excluding carboxylic acids is 1. The summed E-state index contributed by atoms with van der Waals surface area (Å²) in [5, 5.41) is 6.09. The van der Waals surface area contributed by atoms with Gasteiger partial charge in [-0.3, -0.25) is 4.79 Å². The smallest absolute Gasteiger partial charge is 0.225 e. The highest BCUT2D eigenvalue weighted by molar-refractivity contribution is 7.99. The first kappa shape index (κ1) is 21.0. The van der Waals surface area contributed by atoms with Crippen LogP contribution in [0.1, 0.15) is 6.42 Å². The molecule has 162 valence electrons. The number of rotatable bonds is 7. The van der Waals surface area contributed by atoms with Crippen molar-refractivity contribution in [1.82, 2.24) is 9.97 Å². The van der Waals surface area contributed by atoms with E-state index in [-0.39, 0.29) is 5.91 Å². The van der Waals surface area contributed by atoms with Gasteiger partial charge in [0.05, 0.1) is 11.4 Å². The van der Waals surface area contributed by atoms with Crippen LogP contribution in [0, 0.1) is 0 Å². The molecule has 0 spiro atoms. The lowest BCUT2D eigenvalue weighted by Gasteiger charge is -2.06. The molecule has 5 heteroatoms. The molecule has 33 heavy (non-hydrogen) atoms. The van der Waals surface area contributed by atoms with Crippen LogP contribution in [0.15, 0.2) is 108 Å². The number of nitrogens with one attached hydrogen (secondary N) is 2. The molecule has 0 bridgehead atoms. The molecule has 0 fully saturated rings. The quantitative estimate of drug-likeness (QED) is 0.263. The molecule has 5 rings (SSSR count). The average Bonchev–Trinajstić information content (AvgIpc) is 3.29. The zero-order valence-electron chi connectivity index (χ0n) is 18.0. The second kappa shape index (κ2) is 9.76. The molecule has 2 N–H and O–H groups in total. The van der Waals surface area contributed by atoms with Gasteiger partial charge < -0.3 is 10.3 Å². The van der Waals surface area contributed by atoms with Crippen molar-refractivity contribution in [3.63, 3.8) is 0 Å². The highest BCUT2D eigenvalue weighted by atomic mass is 32.2. The molecule has 0 radical (unpaired) electrons. The molecule has 0 aliphatic rings. The maximum absolute atomic E-state index is 12.5. The zero-order chi connectivity index (χ0) is 22.5. The Balaban J connectivity index is 1.26. The lowest BCUT2D eigenvalue weighted by molar-refractivity contribution is -0.115. The van der Waals surface area contributed by atoms with E-state index >= 15 is 0 Å². The number of anilines is 1. The van der Waals surface area contributed by atoms with Crippen LogP contribution in [-0.2, 0) is 4.79 Å². The minimum atomic E-state index is -0.00379. The van der Waals surface area contributed by atoms with Crippen molar-refractivity contribution in [2.45, 2.75) is 11.6 Å². The van der Waals surface area contributed by atoms with E-state index in [9.17, 15) is 4.79 Å². The molecule has 0 aliphatic heterocycles. The van der Waals surface area contributed by atoms with E-state index in [4.69, 9.17) is 4.98 Å². The first-order valence-corrected chi connectivity index (χ1v) is 11.9. The number of H-pyrrole nitrogens is 1. The Labute approximate surface area is 197 Å². The third kappa shape index (κ3) is 4.99. The fourth-order valence-corrected chi connectivity index (χ4v) is 4.58. The summed E-state index contributed by atoms with van der Waals surface area (Å²) in [6, 6.07) is 34.5. The largest absolute Gasteiger partial charge is 0.332 e. The van der Waals surface area contributed by atoms with Gasteiger partial charge in [-0.15, -0.1) is 0 Å². The van der Waals surface area contributed by atoms with Crippen LogP contribution < -0.4 is 5.32 Å². The number of carbonyl (C=O) groups is 1. The first-order chi connectivity index (χ1) is 16.3. The van der Waals surface area contributed by atoms with Crippen molar-refractivity contribution in [2.24, 2.45) is 0 Å². The lowest BCUT2D eigenvalue weighted by Crippen LogP contribution is -2.12. The highest BCUT2D eigenvalue weighted by Gasteiger charge is 2.14. The van der Waals surface area contributed by atoms with Crippen molar-refractivity contribution >= 4 is 34.1 Å². The summed E-state index contributed by atoms with van der Waals surface area (Å²) in [6.45, 7) is 0. The molecule has 0 saturated carbocycles. The number of hydrogen-bond acceptors (Lipinski definition) is 3. The fraction of sp³-hybridized carbons (Fsp3) is 0.0714. The Morgan fingerprint density at radius 2 is 1.45 bits per heavy atom. The Kier molecular flexibility index (Phi) is 6.22. The lowest BCUT2D eigenvalue weighted by atomic mass is 10.1. The van der Waals surface area contributed by atoms with Gasteiger partial charge in [-0.25, -0.2) is 4.98 Å². The summed E-state index contributed by atoms with van der Waals surface area (Å²) >= 11 is 1.56.